The Bertz CT molecular complexity index is 1050. The van der Waals surface area contributed by atoms with Crippen LogP contribution in [0.1, 0.15) is 57.1 Å². The number of hydrogen-bond donors (Lipinski definition) is 1. The lowest BCUT2D eigenvalue weighted by molar-refractivity contribution is -0.160. The number of benzene rings is 1. The van der Waals surface area contributed by atoms with Crippen LogP contribution in [-0.2, 0) is 23.9 Å². The summed E-state index contributed by atoms with van der Waals surface area (Å²) < 4.78 is 12.2. The number of esters is 1. The summed E-state index contributed by atoms with van der Waals surface area (Å²) in [6.45, 7) is 12.3. The topological polar surface area (TPSA) is 96.4 Å². The lowest BCUT2D eigenvalue weighted by atomic mass is 9.65. The molecule has 1 aromatic rings. The first-order valence-corrected chi connectivity index (χ1v) is 13.5. The van der Waals surface area contributed by atoms with Gasteiger partial charge in [-0.25, -0.2) is 0 Å². The molecule has 1 N–H and O–H groups in total. The molecule has 3 aliphatic rings. The van der Waals surface area contributed by atoms with Crippen LogP contribution in [0.3, 0.4) is 0 Å². The highest BCUT2D eigenvalue weighted by molar-refractivity contribution is 6.05. The first-order chi connectivity index (χ1) is 17.7. The molecule has 8 heteroatoms. The summed E-state index contributed by atoms with van der Waals surface area (Å²) >= 11 is 0. The van der Waals surface area contributed by atoms with Gasteiger partial charge in [0.05, 0.1) is 18.1 Å². The van der Waals surface area contributed by atoms with Crippen molar-refractivity contribution in [1.82, 2.24) is 4.90 Å². The number of carbonyl (C=O) groups excluding carboxylic acids is 3. The molecule has 0 aromatic heterocycles. The van der Waals surface area contributed by atoms with E-state index in [9.17, 15) is 19.5 Å². The van der Waals surface area contributed by atoms with Crippen molar-refractivity contribution in [3.05, 3.63) is 42.0 Å². The highest BCUT2D eigenvalue weighted by Gasteiger charge is 2.79. The maximum Gasteiger partial charge on any atom is 0.312 e. The first kappa shape index (κ1) is 27.3. The molecule has 3 saturated heterocycles. The summed E-state index contributed by atoms with van der Waals surface area (Å²) in [4.78, 5) is 45.3. The third-order valence-corrected chi connectivity index (χ3v) is 8.55. The maximum atomic E-state index is 14.6. The van der Waals surface area contributed by atoms with E-state index in [2.05, 4.69) is 6.58 Å². The van der Waals surface area contributed by atoms with Gasteiger partial charge in [-0.1, -0.05) is 31.2 Å². The molecule has 0 aliphatic carbocycles. The van der Waals surface area contributed by atoms with E-state index in [1.807, 2.05) is 39.0 Å². The number of ether oxygens (including phenoxy) is 2. The van der Waals surface area contributed by atoms with E-state index in [4.69, 9.17) is 9.47 Å². The minimum absolute atomic E-state index is 0.00110. The Hall–Kier alpha value is -2.71. The Kier molecular flexibility index (Phi) is 7.81. The second kappa shape index (κ2) is 10.6. The summed E-state index contributed by atoms with van der Waals surface area (Å²) in [5.74, 6) is -2.40. The number of aliphatic hydroxyl groups is 1. The first-order valence-electron chi connectivity index (χ1n) is 13.5. The smallest absolute Gasteiger partial charge is 0.312 e. The van der Waals surface area contributed by atoms with Gasteiger partial charge >= 0.3 is 5.97 Å². The van der Waals surface area contributed by atoms with Crippen LogP contribution >= 0.6 is 0 Å². The van der Waals surface area contributed by atoms with Gasteiger partial charge in [-0.15, -0.1) is 6.58 Å². The van der Waals surface area contributed by atoms with Gasteiger partial charge in [0.25, 0.3) is 5.91 Å². The normalized spacial score (nSPS) is 29.9. The number of rotatable bonds is 11. The average molecular weight is 513 g/mol. The molecular formula is C29H40N2O6. The van der Waals surface area contributed by atoms with Gasteiger partial charge in [-0.05, 0) is 64.0 Å². The van der Waals surface area contributed by atoms with E-state index >= 15 is 0 Å². The number of nitrogens with zero attached hydrogens (tertiary/aromatic N) is 2. The molecule has 2 amide bonds. The number of unbranched alkanes of at least 4 members (excludes halogenated alkanes) is 1. The summed E-state index contributed by atoms with van der Waals surface area (Å²) in [5.41, 5.74) is 0.786. The van der Waals surface area contributed by atoms with Gasteiger partial charge in [0.1, 0.15) is 17.6 Å². The van der Waals surface area contributed by atoms with E-state index in [0.29, 0.717) is 38.6 Å². The van der Waals surface area contributed by atoms with Crippen LogP contribution in [0.5, 0.6) is 0 Å². The number of hydrogen-bond acceptors (Lipinski definition) is 6. The highest BCUT2D eigenvalue weighted by atomic mass is 16.6. The quantitative estimate of drug-likeness (QED) is 0.278. The van der Waals surface area contributed by atoms with E-state index < -0.39 is 35.0 Å². The predicted molar refractivity (Wildman–Crippen MR) is 140 cm³/mol. The molecule has 8 nitrogen and oxygen atoms in total. The van der Waals surface area contributed by atoms with Crippen molar-refractivity contribution in [2.75, 3.05) is 31.2 Å². The fourth-order valence-electron chi connectivity index (χ4n) is 7.02. The summed E-state index contributed by atoms with van der Waals surface area (Å²) in [6, 6.07) is 5.00. The molecule has 3 fully saturated rings. The van der Waals surface area contributed by atoms with E-state index in [1.165, 1.54) is 0 Å². The van der Waals surface area contributed by atoms with Crippen molar-refractivity contribution in [2.45, 2.75) is 77.0 Å². The van der Waals surface area contributed by atoms with Gasteiger partial charge in [0.15, 0.2) is 0 Å². The Morgan fingerprint density at radius 1 is 1.24 bits per heavy atom. The Labute approximate surface area is 219 Å². The molecule has 3 aliphatic heterocycles. The second-order valence-corrected chi connectivity index (χ2v) is 10.5. The number of amides is 2. The summed E-state index contributed by atoms with van der Waals surface area (Å²) in [5, 5.41) is 9.38. The number of fused-ring (bicyclic) bond motifs is 1. The number of anilines is 1. The Balaban J connectivity index is 1.83. The standard InChI is InChI=1S/C29H40N2O6/c1-6-16-30(23-19(4)12-11-13-20(23)5)26(34)24-29-15-14-28(7-2,37-29)22(27(35)36-8-3)21(29)25(33)31(24)17-9-10-18-32/h6,11-13,21-22,24,32H,1,7-10,14-18H2,2-5H3/t21-,22-,24?,28+,29?/m0/s1. The second-order valence-electron chi connectivity index (χ2n) is 10.5. The van der Waals surface area contributed by atoms with Crippen LogP contribution < -0.4 is 4.90 Å². The SMILES string of the molecule is C=CCN(C(=O)C1N(CCCCO)C(=O)[C@@H]2[C@@H](C(=O)OCC)[C@@]3(CC)CCC12O3)c1c(C)cccc1C. The van der Waals surface area contributed by atoms with E-state index in [1.54, 1.807) is 22.8 Å². The van der Waals surface area contributed by atoms with Crippen LogP contribution in [0.4, 0.5) is 5.69 Å². The molecule has 4 rings (SSSR count). The molecule has 2 bridgehead atoms. The minimum atomic E-state index is -1.10. The van der Waals surface area contributed by atoms with Crippen molar-refractivity contribution in [2.24, 2.45) is 11.8 Å². The molecule has 0 radical (unpaired) electrons. The number of para-hydroxylation sites is 1. The van der Waals surface area contributed by atoms with E-state index in [0.717, 1.165) is 16.8 Å². The number of aliphatic hydroxyl groups excluding tert-OH is 1. The van der Waals surface area contributed by atoms with Gasteiger partial charge in [0.2, 0.25) is 5.91 Å². The number of carbonyl (C=O) groups is 3. The molecule has 1 spiro atoms. The van der Waals surface area contributed by atoms with Crippen LogP contribution in [0.15, 0.2) is 30.9 Å². The van der Waals surface area contributed by atoms with Gasteiger partial charge in [0, 0.05) is 25.4 Å². The molecule has 5 atom stereocenters. The molecule has 2 unspecified atom stereocenters. The number of likely N-dealkylation sites (tertiary alicyclic amines) is 1. The monoisotopic (exact) mass is 512 g/mol. The van der Waals surface area contributed by atoms with Crippen LogP contribution in [-0.4, -0.2) is 71.3 Å². The lowest BCUT2D eigenvalue weighted by Gasteiger charge is -2.37. The van der Waals surface area contributed by atoms with E-state index in [-0.39, 0.29) is 31.6 Å². The fraction of sp³-hybridized carbons (Fsp3) is 0.621. The number of aryl methyl sites for hydroxylation is 2. The third kappa shape index (κ3) is 4.18. The lowest BCUT2D eigenvalue weighted by Crippen LogP contribution is -2.56. The minimum Gasteiger partial charge on any atom is -0.466 e. The third-order valence-electron chi connectivity index (χ3n) is 8.55. The molecule has 3 heterocycles. The summed E-state index contributed by atoms with van der Waals surface area (Å²) in [6.07, 6.45) is 4.42. The van der Waals surface area contributed by atoms with Crippen molar-refractivity contribution in [3.8, 4) is 0 Å². The largest absolute Gasteiger partial charge is 0.466 e. The van der Waals surface area contributed by atoms with Crippen molar-refractivity contribution in [3.63, 3.8) is 0 Å². The Morgan fingerprint density at radius 2 is 1.95 bits per heavy atom. The van der Waals surface area contributed by atoms with Crippen molar-refractivity contribution >= 4 is 23.5 Å². The molecule has 37 heavy (non-hydrogen) atoms. The van der Waals surface area contributed by atoms with Crippen molar-refractivity contribution in [1.29, 1.82) is 0 Å². The molecule has 202 valence electrons. The van der Waals surface area contributed by atoms with Gasteiger partial charge < -0.3 is 24.4 Å². The zero-order valence-electron chi connectivity index (χ0n) is 22.5. The van der Waals surface area contributed by atoms with Crippen LogP contribution in [0, 0.1) is 25.7 Å². The highest BCUT2D eigenvalue weighted by Crippen LogP contribution is 2.64. The van der Waals surface area contributed by atoms with Crippen LogP contribution in [0.25, 0.3) is 0 Å². The van der Waals surface area contributed by atoms with Gasteiger partial charge in [-0.3, -0.25) is 14.4 Å². The molecular weight excluding hydrogens is 472 g/mol. The van der Waals surface area contributed by atoms with Gasteiger partial charge in [-0.2, -0.15) is 0 Å². The summed E-state index contributed by atoms with van der Waals surface area (Å²) in [7, 11) is 0. The molecule has 0 saturated carbocycles. The van der Waals surface area contributed by atoms with Crippen molar-refractivity contribution < 1.29 is 29.0 Å². The zero-order valence-corrected chi connectivity index (χ0v) is 22.5. The Morgan fingerprint density at radius 3 is 2.54 bits per heavy atom. The maximum absolute atomic E-state index is 14.6. The average Bonchev–Trinajstić information content (AvgIpc) is 3.47. The fourth-order valence-corrected chi connectivity index (χ4v) is 7.02. The van der Waals surface area contributed by atoms with Crippen LogP contribution in [0.2, 0.25) is 0 Å². The zero-order chi connectivity index (χ0) is 27.0. The molecule has 1 aromatic carbocycles. The predicted octanol–water partition coefficient (Wildman–Crippen LogP) is 3.31.